The van der Waals surface area contributed by atoms with Crippen LogP contribution in [0.3, 0.4) is 0 Å². The van der Waals surface area contributed by atoms with Crippen LogP contribution in [0, 0.1) is 0 Å². The van der Waals surface area contributed by atoms with Crippen LogP contribution in [0.2, 0.25) is 0 Å². The first-order chi connectivity index (χ1) is 16.3. The molecule has 34 heavy (non-hydrogen) atoms. The molecular formula is C25H26N2O6S. The molecule has 0 fully saturated rings. The van der Waals surface area contributed by atoms with Gasteiger partial charge < -0.3 is 14.8 Å². The van der Waals surface area contributed by atoms with Gasteiger partial charge in [0.15, 0.2) is 0 Å². The molecule has 0 aliphatic rings. The van der Waals surface area contributed by atoms with E-state index in [0.29, 0.717) is 23.7 Å². The summed E-state index contributed by atoms with van der Waals surface area (Å²) in [4.78, 5) is 24.9. The van der Waals surface area contributed by atoms with Crippen LogP contribution in [-0.2, 0) is 19.6 Å². The van der Waals surface area contributed by atoms with Crippen LogP contribution in [-0.4, -0.2) is 40.1 Å². The summed E-state index contributed by atoms with van der Waals surface area (Å²) in [5.74, 6) is -0.533. The van der Waals surface area contributed by atoms with Crippen molar-refractivity contribution in [3.8, 4) is 5.75 Å². The number of ether oxygens (including phenoxy) is 2. The summed E-state index contributed by atoms with van der Waals surface area (Å²) in [6, 6.07) is 20.6. The summed E-state index contributed by atoms with van der Waals surface area (Å²) in [5.41, 5.74) is 0.968. The predicted molar refractivity (Wildman–Crippen MR) is 130 cm³/mol. The first-order valence-electron chi connectivity index (χ1n) is 10.7. The quantitative estimate of drug-likeness (QED) is 0.437. The monoisotopic (exact) mass is 482 g/mol. The lowest BCUT2D eigenvalue weighted by molar-refractivity contribution is -0.114. The number of nitrogens with one attached hydrogen (secondary N) is 1. The Morgan fingerprint density at radius 1 is 0.882 bits per heavy atom. The van der Waals surface area contributed by atoms with Gasteiger partial charge in [-0.2, -0.15) is 0 Å². The molecule has 0 radical (unpaired) electrons. The molecule has 3 rings (SSSR count). The Kier molecular flexibility index (Phi) is 8.26. The van der Waals surface area contributed by atoms with E-state index in [1.54, 1.807) is 67.6 Å². The number of hydrogen-bond acceptors (Lipinski definition) is 6. The first kappa shape index (κ1) is 24.8. The van der Waals surface area contributed by atoms with Crippen molar-refractivity contribution in [3.05, 3.63) is 84.4 Å². The number of carbonyl (C=O) groups excluding carboxylic acids is 2. The molecule has 0 aliphatic heterocycles. The van der Waals surface area contributed by atoms with Gasteiger partial charge in [-0.3, -0.25) is 9.10 Å². The largest absolute Gasteiger partial charge is 0.494 e. The van der Waals surface area contributed by atoms with Crippen molar-refractivity contribution in [3.63, 3.8) is 0 Å². The van der Waals surface area contributed by atoms with E-state index in [2.05, 4.69) is 5.32 Å². The van der Waals surface area contributed by atoms with Crippen LogP contribution in [0.1, 0.15) is 24.2 Å². The zero-order chi connectivity index (χ0) is 24.6. The Bertz CT molecular complexity index is 1230. The van der Waals surface area contributed by atoms with Gasteiger partial charge in [0.2, 0.25) is 5.91 Å². The number of esters is 1. The normalized spacial score (nSPS) is 10.9. The molecule has 3 aromatic rings. The third-order valence-corrected chi connectivity index (χ3v) is 6.50. The van der Waals surface area contributed by atoms with E-state index in [-0.39, 0.29) is 17.1 Å². The molecule has 9 heteroatoms. The Balaban J connectivity index is 1.85. The fourth-order valence-electron chi connectivity index (χ4n) is 3.18. The van der Waals surface area contributed by atoms with Crippen molar-refractivity contribution in [1.29, 1.82) is 0 Å². The van der Waals surface area contributed by atoms with Gasteiger partial charge in [0.25, 0.3) is 10.0 Å². The minimum atomic E-state index is -4.06. The molecule has 0 aliphatic carbocycles. The van der Waals surface area contributed by atoms with Gasteiger partial charge in [0.1, 0.15) is 12.3 Å². The van der Waals surface area contributed by atoms with Gasteiger partial charge in [-0.25, -0.2) is 13.2 Å². The van der Waals surface area contributed by atoms with Crippen LogP contribution in [0.25, 0.3) is 0 Å². The van der Waals surface area contributed by atoms with E-state index in [0.717, 1.165) is 4.31 Å². The van der Waals surface area contributed by atoms with Gasteiger partial charge in [-0.1, -0.05) is 24.3 Å². The zero-order valence-electron chi connectivity index (χ0n) is 18.9. The summed E-state index contributed by atoms with van der Waals surface area (Å²) in [7, 11) is -4.06. The second kappa shape index (κ2) is 11.3. The number of anilines is 2. The second-order valence-corrected chi connectivity index (χ2v) is 8.96. The Labute approximate surface area is 199 Å². The fraction of sp³-hybridized carbons (Fsp3) is 0.200. The molecule has 1 amide bonds. The Hall–Kier alpha value is -3.85. The van der Waals surface area contributed by atoms with Crippen LogP contribution in [0.15, 0.2) is 83.8 Å². The highest BCUT2D eigenvalue weighted by atomic mass is 32.2. The number of hydrogen-bond donors (Lipinski definition) is 1. The van der Waals surface area contributed by atoms with Crippen LogP contribution < -0.4 is 14.4 Å². The SMILES string of the molecule is CCOC(=O)c1cccc(NC(=O)CN(c2ccccc2)S(=O)(=O)c2ccc(OCC)cc2)c1. The number of amides is 1. The highest BCUT2D eigenvalue weighted by molar-refractivity contribution is 7.92. The maximum atomic E-state index is 13.4. The number of para-hydroxylation sites is 1. The molecule has 0 heterocycles. The van der Waals surface area contributed by atoms with E-state index in [1.807, 2.05) is 6.92 Å². The van der Waals surface area contributed by atoms with Crippen LogP contribution in [0.5, 0.6) is 5.75 Å². The van der Waals surface area contributed by atoms with E-state index in [1.165, 1.54) is 18.2 Å². The number of carbonyl (C=O) groups is 2. The van der Waals surface area contributed by atoms with Crippen LogP contribution >= 0.6 is 0 Å². The summed E-state index contributed by atoms with van der Waals surface area (Å²) in [5, 5.41) is 2.66. The lowest BCUT2D eigenvalue weighted by atomic mass is 10.2. The topological polar surface area (TPSA) is 102 Å². The average molecular weight is 483 g/mol. The van der Waals surface area contributed by atoms with Crippen molar-refractivity contribution in [2.75, 3.05) is 29.4 Å². The van der Waals surface area contributed by atoms with Crippen LogP contribution in [0.4, 0.5) is 11.4 Å². The molecule has 8 nitrogen and oxygen atoms in total. The maximum absolute atomic E-state index is 13.4. The minimum absolute atomic E-state index is 0.0249. The number of rotatable bonds is 10. The molecule has 0 aromatic heterocycles. The first-order valence-corrected chi connectivity index (χ1v) is 12.2. The zero-order valence-corrected chi connectivity index (χ0v) is 19.7. The van der Waals surface area contributed by atoms with Gasteiger partial charge >= 0.3 is 5.97 Å². The summed E-state index contributed by atoms with van der Waals surface area (Å²) in [6.07, 6.45) is 0. The van der Waals surface area contributed by atoms with E-state index in [9.17, 15) is 18.0 Å². The smallest absolute Gasteiger partial charge is 0.338 e. The van der Waals surface area contributed by atoms with Gasteiger partial charge in [0, 0.05) is 5.69 Å². The van der Waals surface area contributed by atoms with Gasteiger partial charge in [-0.15, -0.1) is 0 Å². The third kappa shape index (κ3) is 6.14. The third-order valence-electron chi connectivity index (χ3n) is 4.71. The average Bonchev–Trinajstić information content (AvgIpc) is 2.84. The van der Waals surface area contributed by atoms with Crippen molar-refractivity contribution in [2.45, 2.75) is 18.7 Å². The molecule has 0 atom stereocenters. The highest BCUT2D eigenvalue weighted by Gasteiger charge is 2.27. The number of benzene rings is 3. The van der Waals surface area contributed by atoms with Gasteiger partial charge in [-0.05, 0) is 68.4 Å². The van der Waals surface area contributed by atoms with Crippen molar-refractivity contribution < 1.29 is 27.5 Å². The molecule has 0 bridgehead atoms. The lowest BCUT2D eigenvalue weighted by Crippen LogP contribution is -2.38. The highest BCUT2D eigenvalue weighted by Crippen LogP contribution is 2.25. The Morgan fingerprint density at radius 3 is 2.24 bits per heavy atom. The molecule has 1 N–H and O–H groups in total. The summed E-state index contributed by atoms with van der Waals surface area (Å²) >= 11 is 0. The molecular weight excluding hydrogens is 456 g/mol. The summed E-state index contributed by atoms with van der Waals surface area (Å²) < 4.78 is 38.3. The molecule has 0 saturated carbocycles. The molecule has 0 spiro atoms. The summed E-state index contributed by atoms with van der Waals surface area (Å²) in [6.45, 7) is 3.75. The van der Waals surface area contributed by atoms with Crippen molar-refractivity contribution >= 4 is 33.3 Å². The van der Waals surface area contributed by atoms with E-state index in [4.69, 9.17) is 9.47 Å². The lowest BCUT2D eigenvalue weighted by Gasteiger charge is -2.24. The maximum Gasteiger partial charge on any atom is 0.338 e. The number of sulfonamides is 1. The number of nitrogens with zero attached hydrogens (tertiary/aromatic N) is 1. The van der Waals surface area contributed by atoms with Crippen molar-refractivity contribution in [1.82, 2.24) is 0 Å². The Morgan fingerprint density at radius 2 is 1.59 bits per heavy atom. The molecule has 178 valence electrons. The van der Waals surface area contributed by atoms with E-state index >= 15 is 0 Å². The second-order valence-electron chi connectivity index (χ2n) is 7.10. The van der Waals surface area contributed by atoms with Crippen molar-refractivity contribution in [2.24, 2.45) is 0 Å². The minimum Gasteiger partial charge on any atom is -0.494 e. The van der Waals surface area contributed by atoms with E-state index < -0.39 is 28.4 Å². The molecule has 0 unspecified atom stereocenters. The predicted octanol–water partition coefficient (Wildman–Crippen LogP) is 4.10. The fourth-order valence-corrected chi connectivity index (χ4v) is 4.60. The van der Waals surface area contributed by atoms with Gasteiger partial charge in [0.05, 0.1) is 29.4 Å². The molecule has 3 aromatic carbocycles. The molecule has 0 saturated heterocycles. The standard InChI is InChI=1S/C25H26N2O6S/c1-3-32-22-13-15-23(16-14-22)34(30,31)27(21-11-6-5-7-12-21)18-24(28)26-20-10-8-9-19(17-20)25(29)33-4-2/h5-17H,3-4,18H2,1-2H3,(H,26,28).